The first kappa shape index (κ1) is 27.5. The summed E-state index contributed by atoms with van der Waals surface area (Å²) < 4.78 is 17.3. The summed E-state index contributed by atoms with van der Waals surface area (Å²) in [6.45, 7) is 4.80. The number of fused-ring (bicyclic) bond motifs is 4. The molecule has 0 unspecified atom stereocenters. The van der Waals surface area contributed by atoms with Crippen LogP contribution in [0.4, 0.5) is 10.5 Å². The van der Waals surface area contributed by atoms with Gasteiger partial charge in [0.25, 0.3) is 5.91 Å². The van der Waals surface area contributed by atoms with Crippen LogP contribution < -0.4 is 14.8 Å². The topological polar surface area (TPSA) is 101 Å². The molecule has 0 saturated heterocycles. The Labute approximate surface area is 234 Å². The molecule has 40 heavy (non-hydrogen) atoms. The Bertz CT molecular complexity index is 1380. The smallest absolute Gasteiger partial charge is 0.321 e. The molecule has 0 radical (unpaired) electrons. The fraction of sp³-hybridized carbons (Fsp3) is 0.355. The first-order valence-electron chi connectivity index (χ1n) is 13.5. The molecule has 3 aromatic rings. The van der Waals surface area contributed by atoms with Crippen molar-refractivity contribution in [1.82, 2.24) is 9.80 Å². The van der Waals surface area contributed by atoms with Gasteiger partial charge in [0.05, 0.1) is 25.4 Å². The first-order valence-corrected chi connectivity index (χ1v) is 13.5. The molecule has 210 valence electrons. The zero-order valence-electron chi connectivity index (χ0n) is 23.0. The van der Waals surface area contributed by atoms with Crippen LogP contribution in [0.25, 0.3) is 11.1 Å². The van der Waals surface area contributed by atoms with Gasteiger partial charge in [-0.15, -0.1) is 0 Å². The maximum atomic E-state index is 13.9. The molecule has 5 rings (SSSR count). The molecule has 3 aromatic carbocycles. The van der Waals surface area contributed by atoms with Gasteiger partial charge in [-0.3, -0.25) is 4.79 Å². The van der Waals surface area contributed by atoms with Crippen LogP contribution in [-0.4, -0.2) is 72.5 Å². The summed E-state index contributed by atoms with van der Waals surface area (Å²) in [6, 6.07) is 20.0. The average molecular weight is 546 g/mol. The minimum Gasteiger partial charge on any atom is -0.454 e. The Morgan fingerprint density at radius 3 is 2.52 bits per heavy atom. The first-order chi connectivity index (χ1) is 19.4. The van der Waals surface area contributed by atoms with Crippen LogP contribution in [0.5, 0.6) is 11.5 Å². The SMILES string of the molecule is C[C@@H]1CN([C@H](C)CO)C(=O)c2ccccc2-c2ccccc2CO[C@H]1CN(C)C(=O)Nc1ccc2c(c1)OCO2. The maximum absolute atomic E-state index is 13.9. The van der Waals surface area contributed by atoms with E-state index in [0.717, 1.165) is 16.7 Å². The zero-order chi connectivity index (χ0) is 28.2. The number of aliphatic hydroxyl groups excluding tert-OH is 1. The van der Waals surface area contributed by atoms with E-state index in [1.54, 1.807) is 35.0 Å². The Morgan fingerprint density at radius 2 is 1.75 bits per heavy atom. The van der Waals surface area contributed by atoms with Gasteiger partial charge in [-0.05, 0) is 41.8 Å². The second kappa shape index (κ2) is 12.0. The Kier molecular flexibility index (Phi) is 8.23. The second-order valence-corrected chi connectivity index (χ2v) is 10.4. The predicted molar refractivity (Wildman–Crippen MR) is 151 cm³/mol. The lowest BCUT2D eigenvalue weighted by atomic mass is 9.94. The summed E-state index contributed by atoms with van der Waals surface area (Å²) >= 11 is 0. The highest BCUT2D eigenvalue weighted by Crippen LogP contribution is 2.34. The number of hydrogen-bond donors (Lipinski definition) is 2. The minimum absolute atomic E-state index is 0.142. The maximum Gasteiger partial charge on any atom is 0.321 e. The molecule has 0 aliphatic carbocycles. The van der Waals surface area contributed by atoms with Gasteiger partial charge in [0.2, 0.25) is 6.79 Å². The highest BCUT2D eigenvalue weighted by atomic mass is 16.7. The molecule has 3 amide bonds. The highest BCUT2D eigenvalue weighted by molar-refractivity contribution is 6.01. The number of anilines is 1. The quantitative estimate of drug-likeness (QED) is 0.486. The van der Waals surface area contributed by atoms with E-state index in [9.17, 15) is 14.7 Å². The molecule has 3 atom stereocenters. The number of carbonyl (C=O) groups is 2. The lowest BCUT2D eigenvalue weighted by Gasteiger charge is -2.35. The van der Waals surface area contributed by atoms with Gasteiger partial charge in [0, 0.05) is 43.4 Å². The van der Waals surface area contributed by atoms with Crippen molar-refractivity contribution in [3.05, 3.63) is 77.9 Å². The summed E-state index contributed by atoms with van der Waals surface area (Å²) in [7, 11) is 1.71. The van der Waals surface area contributed by atoms with Crippen molar-refractivity contribution in [3.8, 4) is 22.6 Å². The Morgan fingerprint density at radius 1 is 1.05 bits per heavy atom. The molecule has 0 aromatic heterocycles. The number of benzene rings is 3. The van der Waals surface area contributed by atoms with Crippen molar-refractivity contribution < 1.29 is 28.9 Å². The van der Waals surface area contributed by atoms with Crippen molar-refractivity contribution >= 4 is 17.6 Å². The third-order valence-corrected chi connectivity index (χ3v) is 7.52. The normalized spacial score (nSPS) is 19.2. The van der Waals surface area contributed by atoms with Crippen LogP contribution >= 0.6 is 0 Å². The van der Waals surface area contributed by atoms with Crippen LogP contribution in [0.15, 0.2) is 66.7 Å². The molecule has 9 heteroatoms. The lowest BCUT2D eigenvalue weighted by molar-refractivity contribution is -0.0178. The van der Waals surface area contributed by atoms with Gasteiger partial charge in [-0.1, -0.05) is 49.4 Å². The lowest BCUT2D eigenvalue weighted by Crippen LogP contribution is -2.48. The number of nitrogens with zero attached hydrogens (tertiary/aromatic N) is 2. The fourth-order valence-corrected chi connectivity index (χ4v) is 5.10. The number of rotatable bonds is 5. The third-order valence-electron chi connectivity index (χ3n) is 7.52. The fourth-order valence-electron chi connectivity index (χ4n) is 5.10. The molecule has 9 nitrogen and oxygen atoms in total. The summed E-state index contributed by atoms with van der Waals surface area (Å²) in [5.41, 5.74) is 3.88. The van der Waals surface area contributed by atoms with Crippen molar-refractivity contribution in [3.63, 3.8) is 0 Å². The standard InChI is InChI=1S/C31H35N3O6/c1-20-15-34(21(2)17-35)30(36)26-11-7-6-10-25(26)24-9-5-4-8-22(24)18-38-29(20)16-33(3)31(37)32-23-12-13-27-28(14-23)40-19-39-27/h4-14,20-21,29,35H,15-19H2,1-3H3,(H,32,37)/t20-,21-,29+/m1/s1. The average Bonchev–Trinajstić information content (AvgIpc) is 3.44. The number of carbonyl (C=O) groups excluding carboxylic acids is 2. The second-order valence-electron chi connectivity index (χ2n) is 10.4. The molecule has 0 spiro atoms. The molecular formula is C31H35N3O6. The van der Waals surface area contributed by atoms with Crippen LogP contribution in [0, 0.1) is 5.92 Å². The monoisotopic (exact) mass is 545 g/mol. The van der Waals surface area contributed by atoms with E-state index in [0.29, 0.717) is 42.4 Å². The number of urea groups is 1. The van der Waals surface area contributed by atoms with E-state index in [1.165, 1.54) is 0 Å². The van der Waals surface area contributed by atoms with E-state index < -0.39 is 6.04 Å². The highest BCUT2D eigenvalue weighted by Gasteiger charge is 2.31. The van der Waals surface area contributed by atoms with Crippen LogP contribution in [0.3, 0.4) is 0 Å². The van der Waals surface area contributed by atoms with Gasteiger partial charge in [-0.2, -0.15) is 0 Å². The molecule has 2 aliphatic rings. The molecule has 0 saturated carbocycles. The molecule has 2 aliphatic heterocycles. The molecule has 0 fully saturated rings. The minimum atomic E-state index is -0.397. The molecule has 2 N–H and O–H groups in total. The number of aliphatic hydroxyl groups is 1. The van der Waals surface area contributed by atoms with Gasteiger partial charge in [-0.25, -0.2) is 4.79 Å². The van der Waals surface area contributed by atoms with Crippen molar-refractivity contribution in [2.24, 2.45) is 5.92 Å². The number of ether oxygens (including phenoxy) is 3. The van der Waals surface area contributed by atoms with Crippen LogP contribution in [0.2, 0.25) is 0 Å². The van der Waals surface area contributed by atoms with E-state index in [4.69, 9.17) is 14.2 Å². The van der Waals surface area contributed by atoms with Gasteiger partial charge < -0.3 is 34.4 Å². The Hall–Kier alpha value is -4.08. The van der Waals surface area contributed by atoms with E-state index in [-0.39, 0.29) is 37.4 Å². The van der Waals surface area contributed by atoms with Crippen molar-refractivity contribution in [2.45, 2.75) is 32.6 Å². The molecule has 2 heterocycles. The summed E-state index contributed by atoms with van der Waals surface area (Å²) in [5, 5.41) is 12.9. The molecule has 0 bridgehead atoms. The van der Waals surface area contributed by atoms with Crippen molar-refractivity contribution in [2.75, 3.05) is 38.9 Å². The summed E-state index contributed by atoms with van der Waals surface area (Å²) in [6.07, 6.45) is -0.386. The summed E-state index contributed by atoms with van der Waals surface area (Å²) in [4.78, 5) is 30.3. The Balaban J connectivity index is 1.41. The third kappa shape index (κ3) is 5.76. The van der Waals surface area contributed by atoms with Gasteiger partial charge in [0.1, 0.15) is 0 Å². The predicted octanol–water partition coefficient (Wildman–Crippen LogP) is 4.60. The van der Waals surface area contributed by atoms with Gasteiger partial charge in [0.15, 0.2) is 11.5 Å². The number of nitrogens with one attached hydrogen (secondary N) is 1. The van der Waals surface area contributed by atoms with Crippen LogP contribution in [0.1, 0.15) is 29.8 Å². The molecular weight excluding hydrogens is 510 g/mol. The number of amides is 3. The number of likely N-dealkylation sites (N-methyl/N-ethyl adjacent to an activating group) is 1. The van der Waals surface area contributed by atoms with E-state index in [2.05, 4.69) is 5.32 Å². The van der Waals surface area contributed by atoms with Crippen LogP contribution in [-0.2, 0) is 11.3 Å². The van der Waals surface area contributed by atoms with Crippen molar-refractivity contribution in [1.29, 1.82) is 0 Å². The summed E-state index contributed by atoms with van der Waals surface area (Å²) in [5.74, 6) is 0.942. The van der Waals surface area contributed by atoms with Gasteiger partial charge >= 0.3 is 6.03 Å². The zero-order valence-corrected chi connectivity index (χ0v) is 23.0. The largest absolute Gasteiger partial charge is 0.454 e. The van der Waals surface area contributed by atoms with E-state index >= 15 is 0 Å². The van der Waals surface area contributed by atoms with E-state index in [1.807, 2.05) is 62.4 Å². The number of hydrogen-bond acceptors (Lipinski definition) is 6.